The predicted molar refractivity (Wildman–Crippen MR) is 46.2 cm³/mol. The van der Waals surface area contributed by atoms with Crippen LogP contribution in [0.15, 0.2) is 0 Å². The summed E-state index contributed by atoms with van der Waals surface area (Å²) in [7, 11) is 0. The van der Waals surface area contributed by atoms with E-state index < -0.39 is 12.7 Å². The molecule has 0 radical (unpaired) electrons. The Morgan fingerprint density at radius 3 is 2.38 bits per heavy atom. The van der Waals surface area contributed by atoms with Crippen molar-refractivity contribution >= 4 is 0 Å². The van der Waals surface area contributed by atoms with Crippen LogP contribution in [0.3, 0.4) is 0 Å². The summed E-state index contributed by atoms with van der Waals surface area (Å²) in [5.74, 6) is 2.40. The van der Waals surface area contributed by atoms with Gasteiger partial charge in [0.25, 0.3) is 0 Å². The fourth-order valence-electron chi connectivity index (χ4n) is 1.01. The third-order valence-electron chi connectivity index (χ3n) is 1.65. The number of alkyl halides is 3. The summed E-state index contributed by atoms with van der Waals surface area (Å²) >= 11 is 0. The molecule has 0 aliphatic heterocycles. The van der Waals surface area contributed by atoms with E-state index in [-0.39, 0.29) is 0 Å². The van der Waals surface area contributed by atoms with Crippen molar-refractivity contribution in [1.29, 1.82) is 0 Å². The molecule has 0 fully saturated rings. The monoisotopic (exact) mass is 193 g/mol. The lowest BCUT2D eigenvalue weighted by Gasteiger charge is -2.21. The number of nitrogens with zero attached hydrogens (tertiary/aromatic N) is 1. The molecule has 0 bridgehead atoms. The molecule has 1 nitrogen and oxygen atoms in total. The first-order valence-electron chi connectivity index (χ1n) is 4.22. The van der Waals surface area contributed by atoms with Gasteiger partial charge in [0, 0.05) is 6.42 Å². The maximum absolute atomic E-state index is 11.9. The smallest absolute Gasteiger partial charge is 0.295 e. The van der Waals surface area contributed by atoms with Crippen LogP contribution < -0.4 is 0 Å². The molecule has 0 unspecified atom stereocenters. The lowest BCUT2D eigenvalue weighted by Crippen LogP contribution is -2.34. The highest BCUT2D eigenvalue weighted by molar-refractivity contribution is 4.83. The number of hydrogen-bond acceptors (Lipinski definition) is 1. The minimum atomic E-state index is -4.11. The van der Waals surface area contributed by atoms with Crippen LogP contribution in [0, 0.1) is 12.3 Å². The van der Waals surface area contributed by atoms with Crippen LogP contribution in [0.25, 0.3) is 0 Å². The Labute approximate surface area is 76.9 Å². The van der Waals surface area contributed by atoms with E-state index >= 15 is 0 Å². The van der Waals surface area contributed by atoms with E-state index in [0.717, 1.165) is 0 Å². The van der Waals surface area contributed by atoms with E-state index in [1.54, 1.807) is 6.92 Å². The molecule has 0 N–H and O–H groups in total. The van der Waals surface area contributed by atoms with Crippen LogP contribution in [0.1, 0.15) is 19.8 Å². The first-order valence-corrected chi connectivity index (χ1v) is 4.22. The molecule has 0 aromatic carbocycles. The summed E-state index contributed by atoms with van der Waals surface area (Å²) in [6.07, 6.45) is 2.05. The zero-order valence-corrected chi connectivity index (χ0v) is 7.69. The molecule has 4 heteroatoms. The van der Waals surface area contributed by atoms with Crippen molar-refractivity contribution in [2.24, 2.45) is 0 Å². The second kappa shape index (κ2) is 5.87. The molecule has 0 aromatic heterocycles. The van der Waals surface area contributed by atoms with Crippen molar-refractivity contribution in [2.75, 3.05) is 19.6 Å². The summed E-state index contributed by atoms with van der Waals surface area (Å²) in [5.41, 5.74) is 0. The van der Waals surface area contributed by atoms with Crippen LogP contribution in [-0.4, -0.2) is 30.7 Å². The maximum Gasteiger partial charge on any atom is 0.401 e. The topological polar surface area (TPSA) is 3.24 Å². The first-order chi connectivity index (χ1) is 5.99. The molecule has 0 atom stereocenters. The minimum Gasteiger partial charge on any atom is -0.295 e. The van der Waals surface area contributed by atoms with E-state index in [2.05, 4.69) is 5.92 Å². The van der Waals surface area contributed by atoms with Gasteiger partial charge in [0.2, 0.25) is 0 Å². The molecule has 13 heavy (non-hydrogen) atoms. The lowest BCUT2D eigenvalue weighted by molar-refractivity contribution is -0.145. The Hall–Kier alpha value is -0.690. The van der Waals surface area contributed by atoms with Crippen LogP contribution in [0.5, 0.6) is 0 Å². The Morgan fingerprint density at radius 1 is 1.38 bits per heavy atom. The second-order valence-electron chi connectivity index (χ2n) is 2.79. The molecule has 0 heterocycles. The van der Waals surface area contributed by atoms with Gasteiger partial charge < -0.3 is 0 Å². The Balaban J connectivity index is 3.71. The second-order valence-corrected chi connectivity index (χ2v) is 2.79. The van der Waals surface area contributed by atoms with E-state index in [4.69, 9.17) is 6.42 Å². The van der Waals surface area contributed by atoms with Gasteiger partial charge in [-0.25, -0.2) is 0 Å². The van der Waals surface area contributed by atoms with Crippen molar-refractivity contribution in [3.8, 4) is 12.3 Å². The summed E-state index contributed by atoms with van der Waals surface area (Å²) in [6.45, 7) is 1.69. The molecular formula is C9H14F3N. The van der Waals surface area contributed by atoms with Gasteiger partial charge in [-0.15, -0.1) is 12.3 Å². The highest BCUT2D eigenvalue weighted by Crippen LogP contribution is 2.16. The molecule has 0 aromatic rings. The maximum atomic E-state index is 11.9. The Morgan fingerprint density at radius 2 is 2.00 bits per heavy atom. The number of halogens is 3. The number of rotatable bonds is 5. The zero-order valence-electron chi connectivity index (χ0n) is 7.69. The summed E-state index contributed by atoms with van der Waals surface area (Å²) in [4.78, 5) is 1.34. The number of terminal acetylenes is 1. The van der Waals surface area contributed by atoms with Gasteiger partial charge in [-0.05, 0) is 19.5 Å². The third-order valence-corrected chi connectivity index (χ3v) is 1.65. The van der Waals surface area contributed by atoms with E-state index in [1.165, 1.54) is 4.90 Å². The molecular weight excluding hydrogens is 179 g/mol. The molecule has 0 aliphatic rings. The highest BCUT2D eigenvalue weighted by atomic mass is 19.4. The Bertz CT molecular complexity index is 169. The molecule has 0 saturated carbocycles. The van der Waals surface area contributed by atoms with Gasteiger partial charge in [0.1, 0.15) is 0 Å². The molecule has 0 aliphatic carbocycles. The SMILES string of the molecule is C#CCCCN(CC)CC(F)(F)F. The van der Waals surface area contributed by atoms with Crippen molar-refractivity contribution in [3.05, 3.63) is 0 Å². The quantitative estimate of drug-likeness (QED) is 0.478. The highest BCUT2D eigenvalue weighted by Gasteiger charge is 2.29. The molecule has 76 valence electrons. The summed E-state index contributed by atoms with van der Waals surface area (Å²) in [6, 6.07) is 0. The van der Waals surface area contributed by atoms with Crippen molar-refractivity contribution < 1.29 is 13.2 Å². The van der Waals surface area contributed by atoms with Crippen LogP contribution >= 0.6 is 0 Å². The number of unbranched alkanes of at least 4 members (excludes halogenated alkanes) is 1. The van der Waals surface area contributed by atoms with Gasteiger partial charge >= 0.3 is 6.18 Å². The van der Waals surface area contributed by atoms with Crippen molar-refractivity contribution in [2.45, 2.75) is 25.9 Å². The van der Waals surface area contributed by atoms with Gasteiger partial charge in [0.05, 0.1) is 6.54 Å². The average Bonchev–Trinajstić information content (AvgIpc) is 2.01. The largest absolute Gasteiger partial charge is 0.401 e. The molecule has 0 rings (SSSR count). The molecule has 0 saturated heterocycles. The van der Waals surface area contributed by atoms with Crippen LogP contribution in [0.4, 0.5) is 13.2 Å². The molecule has 0 amide bonds. The third kappa shape index (κ3) is 7.66. The fourth-order valence-corrected chi connectivity index (χ4v) is 1.01. The van der Waals surface area contributed by atoms with E-state index in [0.29, 0.717) is 25.9 Å². The van der Waals surface area contributed by atoms with E-state index in [9.17, 15) is 13.2 Å². The normalized spacial score (nSPS) is 11.7. The predicted octanol–water partition coefficient (Wildman–Crippen LogP) is 2.28. The molecule has 0 spiro atoms. The van der Waals surface area contributed by atoms with Gasteiger partial charge in [-0.1, -0.05) is 6.92 Å². The number of hydrogen-bond donors (Lipinski definition) is 0. The zero-order chi connectivity index (χ0) is 10.3. The van der Waals surface area contributed by atoms with Gasteiger partial charge in [-0.3, -0.25) is 4.90 Å². The van der Waals surface area contributed by atoms with Crippen molar-refractivity contribution in [3.63, 3.8) is 0 Å². The van der Waals surface area contributed by atoms with Crippen LogP contribution in [0.2, 0.25) is 0 Å². The van der Waals surface area contributed by atoms with Gasteiger partial charge in [-0.2, -0.15) is 13.2 Å². The first kappa shape index (κ1) is 12.3. The Kier molecular flexibility index (Phi) is 5.56. The lowest BCUT2D eigenvalue weighted by atomic mass is 10.3. The average molecular weight is 193 g/mol. The standard InChI is InChI=1S/C9H14F3N/c1-3-5-6-7-13(4-2)8-9(10,11)12/h1H,4-8H2,2H3. The summed E-state index contributed by atoms with van der Waals surface area (Å²) < 4.78 is 35.8. The minimum absolute atomic E-state index is 0.407. The van der Waals surface area contributed by atoms with Gasteiger partial charge in [0.15, 0.2) is 0 Å². The summed E-state index contributed by atoms with van der Waals surface area (Å²) in [5, 5.41) is 0. The van der Waals surface area contributed by atoms with E-state index in [1.807, 2.05) is 0 Å². The fraction of sp³-hybridized carbons (Fsp3) is 0.778. The van der Waals surface area contributed by atoms with Crippen molar-refractivity contribution in [1.82, 2.24) is 4.90 Å². The van der Waals surface area contributed by atoms with Crippen LogP contribution in [-0.2, 0) is 0 Å².